The molecule has 2 amide bonds. The van der Waals surface area contributed by atoms with Gasteiger partial charge in [0.2, 0.25) is 0 Å². The highest BCUT2D eigenvalue weighted by molar-refractivity contribution is 5.89. The Labute approximate surface area is 150 Å². The number of hydrogen-bond acceptors (Lipinski definition) is 4. The summed E-state index contributed by atoms with van der Waals surface area (Å²) in [6.07, 6.45) is 1.40. The van der Waals surface area contributed by atoms with E-state index in [1.54, 1.807) is 0 Å². The molecule has 0 saturated carbocycles. The minimum Gasteiger partial charge on any atom is -0.380 e. The van der Waals surface area contributed by atoms with E-state index in [9.17, 15) is 4.79 Å². The van der Waals surface area contributed by atoms with E-state index in [4.69, 9.17) is 10.00 Å². The zero-order valence-corrected chi connectivity index (χ0v) is 15.2. The molecule has 6 heteroatoms. The summed E-state index contributed by atoms with van der Waals surface area (Å²) in [5.41, 5.74) is 1.72. The van der Waals surface area contributed by atoms with Gasteiger partial charge in [-0.1, -0.05) is 19.1 Å². The summed E-state index contributed by atoms with van der Waals surface area (Å²) in [6, 6.07) is 9.88. The zero-order valence-electron chi connectivity index (χ0n) is 15.2. The molecule has 1 aromatic carbocycles. The maximum absolute atomic E-state index is 12.5. The van der Waals surface area contributed by atoms with E-state index in [2.05, 4.69) is 23.2 Å². The molecule has 1 saturated heterocycles. The van der Waals surface area contributed by atoms with Crippen LogP contribution < -0.4 is 5.32 Å². The van der Waals surface area contributed by atoms with Gasteiger partial charge in [-0.15, -0.1) is 0 Å². The predicted molar refractivity (Wildman–Crippen MR) is 98.5 cm³/mol. The van der Waals surface area contributed by atoms with Crippen LogP contribution in [0.25, 0.3) is 0 Å². The summed E-state index contributed by atoms with van der Waals surface area (Å²) in [4.78, 5) is 16.8. The first-order valence-corrected chi connectivity index (χ1v) is 9.01. The molecule has 1 aromatic rings. The fraction of sp³-hybridized carbons (Fsp3) is 0.579. The first-order chi connectivity index (χ1) is 12.2. The Morgan fingerprint density at radius 3 is 2.72 bits per heavy atom. The molecular formula is C19H28N4O2. The van der Waals surface area contributed by atoms with Gasteiger partial charge < -0.3 is 15.0 Å². The number of nitrogens with zero attached hydrogens (tertiary/aromatic N) is 3. The molecule has 1 N–H and O–H groups in total. The number of urea groups is 1. The maximum atomic E-state index is 12.5. The number of anilines is 1. The van der Waals surface area contributed by atoms with Crippen LogP contribution in [0.2, 0.25) is 0 Å². The van der Waals surface area contributed by atoms with E-state index >= 15 is 0 Å². The Kier molecular flexibility index (Phi) is 7.71. The van der Waals surface area contributed by atoms with Crippen molar-refractivity contribution in [2.45, 2.75) is 32.7 Å². The second kappa shape index (κ2) is 10.0. The molecule has 136 valence electrons. The molecule has 0 unspecified atom stereocenters. The number of piperazine rings is 1. The third-order valence-corrected chi connectivity index (χ3v) is 4.58. The SMILES string of the molecule is CCOCCN1CCN(C(=O)Nc2ccc(CC#N)cc2)C[C@@H]1CC. The number of amides is 2. The van der Waals surface area contributed by atoms with Crippen molar-refractivity contribution in [3.8, 4) is 6.07 Å². The highest BCUT2D eigenvalue weighted by Gasteiger charge is 2.28. The summed E-state index contributed by atoms with van der Waals surface area (Å²) in [5, 5.41) is 11.7. The van der Waals surface area contributed by atoms with Gasteiger partial charge >= 0.3 is 6.03 Å². The van der Waals surface area contributed by atoms with Crippen molar-refractivity contribution in [3.63, 3.8) is 0 Å². The number of nitrogens with one attached hydrogen (secondary N) is 1. The summed E-state index contributed by atoms with van der Waals surface area (Å²) in [7, 11) is 0. The zero-order chi connectivity index (χ0) is 18.1. The Hall–Kier alpha value is -2.10. The molecular weight excluding hydrogens is 316 g/mol. The molecule has 0 aromatic heterocycles. The average molecular weight is 344 g/mol. The van der Waals surface area contributed by atoms with Crippen LogP contribution in [0.5, 0.6) is 0 Å². The maximum Gasteiger partial charge on any atom is 0.321 e. The average Bonchev–Trinajstić information content (AvgIpc) is 2.64. The molecule has 0 spiro atoms. The van der Waals surface area contributed by atoms with Crippen LogP contribution in [0.4, 0.5) is 10.5 Å². The summed E-state index contributed by atoms with van der Waals surface area (Å²) < 4.78 is 5.45. The fourth-order valence-electron chi connectivity index (χ4n) is 3.08. The first kappa shape index (κ1) is 19.2. The normalized spacial score (nSPS) is 18.0. The molecule has 0 bridgehead atoms. The minimum atomic E-state index is -0.0593. The number of ether oxygens (including phenoxy) is 1. The van der Waals surface area contributed by atoms with Gasteiger partial charge in [0.05, 0.1) is 19.1 Å². The Bertz CT molecular complexity index is 582. The van der Waals surface area contributed by atoms with E-state index < -0.39 is 0 Å². The number of carbonyl (C=O) groups excluding carboxylic acids is 1. The molecule has 1 atom stereocenters. The molecule has 0 radical (unpaired) electrons. The molecule has 1 aliphatic rings. The number of hydrogen-bond donors (Lipinski definition) is 1. The van der Waals surface area contributed by atoms with Crippen molar-refractivity contribution in [1.82, 2.24) is 9.80 Å². The molecule has 0 aliphatic carbocycles. The van der Waals surface area contributed by atoms with Crippen molar-refractivity contribution in [1.29, 1.82) is 5.26 Å². The van der Waals surface area contributed by atoms with E-state index in [1.165, 1.54) is 0 Å². The van der Waals surface area contributed by atoms with Crippen molar-refractivity contribution in [3.05, 3.63) is 29.8 Å². The highest BCUT2D eigenvalue weighted by Crippen LogP contribution is 2.15. The lowest BCUT2D eigenvalue weighted by atomic mass is 10.1. The van der Waals surface area contributed by atoms with E-state index in [-0.39, 0.29) is 6.03 Å². The lowest BCUT2D eigenvalue weighted by Crippen LogP contribution is -2.56. The third kappa shape index (κ3) is 5.73. The van der Waals surface area contributed by atoms with Crippen LogP contribution in [0, 0.1) is 11.3 Å². The number of carbonyl (C=O) groups is 1. The van der Waals surface area contributed by atoms with Crippen LogP contribution in [0.15, 0.2) is 24.3 Å². The van der Waals surface area contributed by atoms with Crippen LogP contribution in [0.1, 0.15) is 25.8 Å². The highest BCUT2D eigenvalue weighted by atomic mass is 16.5. The summed E-state index contributed by atoms with van der Waals surface area (Å²) in [6.45, 7) is 8.91. The van der Waals surface area contributed by atoms with Gasteiger partial charge in [-0.3, -0.25) is 4.90 Å². The van der Waals surface area contributed by atoms with Gasteiger partial charge in [0.1, 0.15) is 0 Å². The number of rotatable bonds is 7. The molecule has 2 rings (SSSR count). The van der Waals surface area contributed by atoms with Gasteiger partial charge in [0.25, 0.3) is 0 Å². The van der Waals surface area contributed by atoms with E-state index in [0.717, 1.165) is 57.1 Å². The predicted octanol–water partition coefficient (Wildman–Crippen LogP) is 2.72. The van der Waals surface area contributed by atoms with Crippen LogP contribution >= 0.6 is 0 Å². The van der Waals surface area contributed by atoms with Crippen molar-refractivity contribution in [2.75, 3.05) is 44.7 Å². The molecule has 1 heterocycles. The second-order valence-corrected chi connectivity index (χ2v) is 6.20. The van der Waals surface area contributed by atoms with Gasteiger partial charge in [-0.25, -0.2) is 4.79 Å². The smallest absolute Gasteiger partial charge is 0.321 e. The minimum absolute atomic E-state index is 0.0593. The molecule has 6 nitrogen and oxygen atoms in total. The van der Waals surface area contributed by atoms with Crippen LogP contribution in [0.3, 0.4) is 0 Å². The lowest BCUT2D eigenvalue weighted by Gasteiger charge is -2.41. The lowest BCUT2D eigenvalue weighted by molar-refractivity contribution is 0.0545. The monoisotopic (exact) mass is 344 g/mol. The summed E-state index contributed by atoms with van der Waals surface area (Å²) in [5.74, 6) is 0. The van der Waals surface area contributed by atoms with Crippen molar-refractivity contribution in [2.24, 2.45) is 0 Å². The van der Waals surface area contributed by atoms with Gasteiger partial charge in [-0.05, 0) is 31.0 Å². The Balaban J connectivity index is 1.87. The van der Waals surface area contributed by atoms with Gasteiger partial charge in [0.15, 0.2) is 0 Å². The van der Waals surface area contributed by atoms with E-state index in [0.29, 0.717) is 12.5 Å². The van der Waals surface area contributed by atoms with E-state index in [1.807, 2.05) is 36.1 Å². The number of nitriles is 1. The second-order valence-electron chi connectivity index (χ2n) is 6.20. The Morgan fingerprint density at radius 1 is 1.32 bits per heavy atom. The summed E-state index contributed by atoms with van der Waals surface area (Å²) >= 11 is 0. The Morgan fingerprint density at radius 2 is 2.08 bits per heavy atom. The largest absolute Gasteiger partial charge is 0.380 e. The molecule has 1 aliphatic heterocycles. The molecule has 1 fully saturated rings. The van der Waals surface area contributed by atoms with Crippen LogP contribution in [-0.2, 0) is 11.2 Å². The quantitative estimate of drug-likeness (QED) is 0.772. The topological polar surface area (TPSA) is 68.6 Å². The van der Waals surface area contributed by atoms with Crippen molar-refractivity contribution >= 4 is 11.7 Å². The van der Waals surface area contributed by atoms with Gasteiger partial charge in [0, 0.05) is 44.5 Å². The van der Waals surface area contributed by atoms with Crippen LogP contribution in [-0.4, -0.2) is 61.3 Å². The first-order valence-electron chi connectivity index (χ1n) is 9.01. The third-order valence-electron chi connectivity index (χ3n) is 4.58. The van der Waals surface area contributed by atoms with Crippen molar-refractivity contribution < 1.29 is 9.53 Å². The number of benzene rings is 1. The van der Waals surface area contributed by atoms with Gasteiger partial charge in [-0.2, -0.15) is 5.26 Å². The molecule has 25 heavy (non-hydrogen) atoms. The standard InChI is InChI=1S/C19H28N4O2/c1-3-18-15-23(12-11-22(18)13-14-25-4-2)19(24)21-17-7-5-16(6-8-17)9-10-20/h5-8,18H,3-4,9,11-15H2,1-2H3,(H,21,24)/t18-/m0/s1. The fourth-order valence-corrected chi connectivity index (χ4v) is 3.08.